The lowest BCUT2D eigenvalue weighted by Gasteiger charge is -2.36. The summed E-state index contributed by atoms with van der Waals surface area (Å²) in [5.74, 6) is -1.03. The van der Waals surface area contributed by atoms with Gasteiger partial charge >= 0.3 is 5.97 Å². The van der Waals surface area contributed by atoms with Crippen molar-refractivity contribution in [3.05, 3.63) is 31.9 Å². The number of nitro groups is 1. The topological polar surface area (TPSA) is 83.7 Å². The summed E-state index contributed by atoms with van der Waals surface area (Å²) in [6, 6.07) is 4.76. The number of hydrogen-bond acceptors (Lipinski definition) is 4. The van der Waals surface area contributed by atoms with E-state index in [9.17, 15) is 14.9 Å². The van der Waals surface area contributed by atoms with E-state index in [1.807, 2.05) is 43.4 Å². The molecule has 0 fully saturated rings. The molecule has 104 valence electrons. The third-order valence-corrected chi connectivity index (χ3v) is 3.20. The van der Waals surface area contributed by atoms with Gasteiger partial charge in [0.25, 0.3) is 5.69 Å². The fraction of sp³-hybridized carbons (Fsp3) is 0.417. The first kappa shape index (κ1) is 15.7. The summed E-state index contributed by atoms with van der Waals surface area (Å²) in [4.78, 5) is 23.1. The number of carboxylic acid groups (broad SMARTS) is 1. The number of rotatable bonds is 4. The van der Waals surface area contributed by atoms with Gasteiger partial charge in [-0.05, 0) is 55.5 Å². The van der Waals surface area contributed by atoms with Crippen molar-refractivity contribution in [3.63, 3.8) is 0 Å². The van der Waals surface area contributed by atoms with Crippen molar-refractivity contribution >= 4 is 39.9 Å². The van der Waals surface area contributed by atoms with E-state index in [0.717, 1.165) is 3.57 Å². The molecule has 1 aromatic rings. The average molecular weight is 378 g/mol. The van der Waals surface area contributed by atoms with Gasteiger partial charge in [0, 0.05) is 15.2 Å². The highest BCUT2D eigenvalue weighted by Crippen LogP contribution is 2.33. The smallest absolute Gasteiger partial charge is 0.323 e. The van der Waals surface area contributed by atoms with E-state index in [0.29, 0.717) is 5.69 Å². The molecule has 6 nitrogen and oxygen atoms in total. The quantitative estimate of drug-likeness (QED) is 0.495. The van der Waals surface area contributed by atoms with E-state index >= 15 is 0 Å². The van der Waals surface area contributed by atoms with Crippen LogP contribution < -0.4 is 4.90 Å². The molecule has 0 unspecified atom stereocenters. The van der Waals surface area contributed by atoms with Crippen molar-refractivity contribution < 1.29 is 14.8 Å². The van der Waals surface area contributed by atoms with Gasteiger partial charge in [0.15, 0.2) is 0 Å². The van der Waals surface area contributed by atoms with Gasteiger partial charge in [-0.15, -0.1) is 0 Å². The molecular weight excluding hydrogens is 363 g/mol. The molecule has 0 bridgehead atoms. The third-order valence-electron chi connectivity index (χ3n) is 2.53. The van der Waals surface area contributed by atoms with Gasteiger partial charge in [-0.3, -0.25) is 14.9 Å². The number of benzene rings is 1. The molecule has 1 aromatic carbocycles. The zero-order valence-corrected chi connectivity index (χ0v) is 13.0. The maximum atomic E-state index is 11.1. The Morgan fingerprint density at radius 3 is 2.47 bits per heavy atom. The molecular formula is C12H15IN2O4. The normalized spacial score (nSPS) is 11.2. The summed E-state index contributed by atoms with van der Waals surface area (Å²) in [7, 11) is 0. The van der Waals surface area contributed by atoms with E-state index in [1.54, 1.807) is 12.1 Å². The third kappa shape index (κ3) is 4.05. The van der Waals surface area contributed by atoms with Gasteiger partial charge in [-0.2, -0.15) is 0 Å². The highest BCUT2D eigenvalue weighted by molar-refractivity contribution is 14.1. The van der Waals surface area contributed by atoms with Crippen molar-refractivity contribution in [2.24, 2.45) is 0 Å². The summed E-state index contributed by atoms with van der Waals surface area (Å²) in [6.45, 7) is 5.16. The van der Waals surface area contributed by atoms with Crippen molar-refractivity contribution in [2.45, 2.75) is 26.3 Å². The zero-order valence-electron chi connectivity index (χ0n) is 10.9. The summed E-state index contributed by atoms with van der Waals surface area (Å²) in [6.07, 6.45) is 0. The Hall–Kier alpha value is -1.38. The number of anilines is 1. The Kier molecular flexibility index (Phi) is 4.72. The van der Waals surface area contributed by atoms with Gasteiger partial charge in [-0.1, -0.05) is 0 Å². The Morgan fingerprint density at radius 2 is 2.05 bits per heavy atom. The molecule has 0 aliphatic heterocycles. The standard InChI is InChI=1S/C12H15IN2O4/c1-12(2,3)14(7-11(16)17)9-5-4-8(13)6-10(9)15(18)19/h4-6H,7H2,1-3H3,(H,16,17). The van der Waals surface area contributed by atoms with Gasteiger partial charge in [0.2, 0.25) is 0 Å². The Balaban J connectivity index is 3.37. The number of hydrogen-bond donors (Lipinski definition) is 1. The molecule has 0 radical (unpaired) electrons. The van der Waals surface area contributed by atoms with E-state index in [2.05, 4.69) is 0 Å². The van der Waals surface area contributed by atoms with Crippen LogP contribution in [0.25, 0.3) is 0 Å². The van der Waals surface area contributed by atoms with Crippen LogP contribution in [-0.4, -0.2) is 28.1 Å². The fourth-order valence-corrected chi connectivity index (χ4v) is 2.16. The predicted molar refractivity (Wildman–Crippen MR) is 80.5 cm³/mol. The van der Waals surface area contributed by atoms with Gasteiger partial charge in [-0.25, -0.2) is 0 Å². The van der Waals surface area contributed by atoms with Crippen LogP contribution in [0, 0.1) is 13.7 Å². The molecule has 0 amide bonds. The minimum absolute atomic E-state index is 0.0805. The monoisotopic (exact) mass is 378 g/mol. The van der Waals surface area contributed by atoms with Gasteiger partial charge < -0.3 is 10.0 Å². The van der Waals surface area contributed by atoms with E-state index in [1.165, 1.54) is 11.0 Å². The van der Waals surface area contributed by atoms with Crippen LogP contribution >= 0.6 is 22.6 Å². The molecule has 0 spiro atoms. The average Bonchev–Trinajstić information content (AvgIpc) is 2.24. The number of nitro benzene ring substituents is 1. The number of halogens is 1. The van der Waals surface area contributed by atoms with Crippen LogP contribution in [0.15, 0.2) is 18.2 Å². The molecule has 0 saturated carbocycles. The number of nitrogens with zero attached hydrogens (tertiary/aromatic N) is 2. The lowest BCUT2D eigenvalue weighted by molar-refractivity contribution is -0.384. The van der Waals surface area contributed by atoms with Crippen LogP contribution in [0.3, 0.4) is 0 Å². The number of carbonyl (C=O) groups is 1. The molecule has 0 aromatic heterocycles. The zero-order chi connectivity index (χ0) is 14.8. The summed E-state index contributed by atoms with van der Waals surface area (Å²) < 4.78 is 0.734. The van der Waals surface area contributed by atoms with Crippen LogP contribution in [0.4, 0.5) is 11.4 Å². The molecule has 1 rings (SSSR count). The lowest BCUT2D eigenvalue weighted by Crippen LogP contribution is -2.45. The summed E-state index contributed by atoms with van der Waals surface area (Å²) in [5.41, 5.74) is -0.293. The maximum Gasteiger partial charge on any atom is 0.323 e. The second-order valence-electron chi connectivity index (χ2n) is 5.04. The number of aliphatic carboxylic acids is 1. The van der Waals surface area contributed by atoms with Gasteiger partial charge in [0.05, 0.1) is 4.92 Å². The first-order valence-electron chi connectivity index (χ1n) is 5.56. The Morgan fingerprint density at radius 1 is 1.47 bits per heavy atom. The molecule has 0 saturated heterocycles. The highest BCUT2D eigenvalue weighted by Gasteiger charge is 2.29. The minimum atomic E-state index is -1.03. The predicted octanol–water partition coefficient (Wildman–Crippen LogP) is 2.89. The van der Waals surface area contributed by atoms with Crippen molar-refractivity contribution in [3.8, 4) is 0 Å². The van der Waals surface area contributed by atoms with Crippen LogP contribution in [0.2, 0.25) is 0 Å². The second kappa shape index (κ2) is 5.72. The molecule has 19 heavy (non-hydrogen) atoms. The lowest BCUT2D eigenvalue weighted by atomic mass is 10.0. The van der Waals surface area contributed by atoms with Crippen LogP contribution in [0.5, 0.6) is 0 Å². The molecule has 7 heteroatoms. The van der Waals surface area contributed by atoms with Crippen molar-refractivity contribution in [1.82, 2.24) is 0 Å². The first-order chi connectivity index (χ1) is 8.62. The number of carboxylic acids is 1. The maximum absolute atomic E-state index is 11.1. The minimum Gasteiger partial charge on any atom is -0.480 e. The summed E-state index contributed by atoms with van der Waals surface area (Å²) >= 11 is 1.99. The first-order valence-corrected chi connectivity index (χ1v) is 6.64. The Labute approximate surface area is 124 Å². The van der Waals surface area contributed by atoms with E-state index in [-0.39, 0.29) is 12.2 Å². The van der Waals surface area contributed by atoms with E-state index < -0.39 is 16.4 Å². The highest BCUT2D eigenvalue weighted by atomic mass is 127. The fourth-order valence-electron chi connectivity index (χ4n) is 1.69. The van der Waals surface area contributed by atoms with Gasteiger partial charge in [0.1, 0.15) is 12.2 Å². The molecule has 0 heterocycles. The largest absolute Gasteiger partial charge is 0.480 e. The molecule has 1 N–H and O–H groups in total. The van der Waals surface area contributed by atoms with Crippen LogP contribution in [0.1, 0.15) is 20.8 Å². The summed E-state index contributed by atoms with van der Waals surface area (Å²) in [5, 5.41) is 20.1. The Bertz CT molecular complexity index is 511. The van der Waals surface area contributed by atoms with Crippen molar-refractivity contribution in [2.75, 3.05) is 11.4 Å². The van der Waals surface area contributed by atoms with E-state index in [4.69, 9.17) is 5.11 Å². The molecule has 0 aliphatic carbocycles. The molecule has 0 atom stereocenters. The SMILES string of the molecule is CC(C)(C)N(CC(=O)O)c1ccc(I)cc1[N+](=O)[O-]. The molecule has 0 aliphatic rings. The van der Waals surface area contributed by atoms with Crippen LogP contribution in [-0.2, 0) is 4.79 Å². The second-order valence-corrected chi connectivity index (χ2v) is 6.29. The van der Waals surface area contributed by atoms with Crippen molar-refractivity contribution in [1.29, 1.82) is 0 Å².